The fraction of sp³-hybridized carbons (Fsp3) is 0.471. The smallest absolute Gasteiger partial charge is 0.308 e. The molecule has 0 bridgehead atoms. The van der Waals surface area contributed by atoms with Crippen molar-refractivity contribution in [3.05, 3.63) is 62.8 Å². The summed E-state index contributed by atoms with van der Waals surface area (Å²) in [5, 5.41) is 15.1. The molecule has 6 nitrogen and oxygen atoms in total. The van der Waals surface area contributed by atoms with E-state index in [9.17, 15) is 10.1 Å². The third-order valence-electron chi connectivity index (χ3n) is 4.52. The molecule has 2 heterocycles. The number of nitro groups is 1. The molecule has 0 amide bonds. The highest BCUT2D eigenvalue weighted by molar-refractivity contribution is 6.29. The molecule has 0 radical (unpaired) electrons. The van der Waals surface area contributed by atoms with Gasteiger partial charge in [-0.3, -0.25) is 10.1 Å². The van der Waals surface area contributed by atoms with Gasteiger partial charge in [0.15, 0.2) is 5.82 Å². The number of nitrogens with zero attached hydrogens (tertiary/aromatic N) is 3. The highest BCUT2D eigenvalue weighted by Gasteiger charge is 2.26. The minimum absolute atomic E-state index is 0.140. The third kappa shape index (κ3) is 4.06. The van der Waals surface area contributed by atoms with Crippen molar-refractivity contribution in [2.45, 2.75) is 32.2 Å². The van der Waals surface area contributed by atoms with E-state index >= 15 is 0 Å². The summed E-state index contributed by atoms with van der Waals surface area (Å²) >= 11 is 5.81. The Morgan fingerprint density at radius 2 is 2.25 bits per heavy atom. The molecule has 0 unspecified atom stereocenters. The average Bonchev–Trinajstić information content (AvgIpc) is 3.22. The van der Waals surface area contributed by atoms with E-state index < -0.39 is 0 Å². The monoisotopic (exact) mass is 348 g/mol. The van der Waals surface area contributed by atoms with Crippen LogP contribution < -0.4 is 5.32 Å². The van der Waals surface area contributed by atoms with Gasteiger partial charge in [-0.25, -0.2) is 4.98 Å². The zero-order valence-electron chi connectivity index (χ0n) is 13.4. The van der Waals surface area contributed by atoms with Crippen molar-refractivity contribution in [1.29, 1.82) is 0 Å². The van der Waals surface area contributed by atoms with Crippen LogP contribution >= 0.6 is 11.6 Å². The maximum absolute atomic E-state index is 11.5. The number of nitrogens with one attached hydrogen (secondary N) is 1. The lowest BCUT2D eigenvalue weighted by atomic mass is 10.1. The molecular weight excluding hydrogens is 328 g/mol. The summed E-state index contributed by atoms with van der Waals surface area (Å²) in [6, 6.07) is 3.63. The SMILES string of the molecule is O=[N+]([O-])C(/C=C/C1CCCC1)=C1\NCCN1Cc1ccc(Cl)nc1. The molecule has 1 aromatic rings. The van der Waals surface area contributed by atoms with Crippen LogP contribution in [0.15, 0.2) is 42.0 Å². The number of halogens is 1. The van der Waals surface area contributed by atoms with Gasteiger partial charge in [-0.05, 0) is 30.4 Å². The molecule has 24 heavy (non-hydrogen) atoms. The van der Waals surface area contributed by atoms with Crippen LogP contribution in [-0.2, 0) is 6.54 Å². The van der Waals surface area contributed by atoms with Crippen molar-refractivity contribution in [3.63, 3.8) is 0 Å². The molecule has 0 aromatic carbocycles. The molecule has 128 valence electrons. The summed E-state index contributed by atoms with van der Waals surface area (Å²) < 4.78 is 0. The first-order valence-corrected chi connectivity index (χ1v) is 8.67. The van der Waals surface area contributed by atoms with Crippen LogP contribution in [0.4, 0.5) is 0 Å². The lowest BCUT2D eigenvalue weighted by molar-refractivity contribution is -0.421. The number of pyridine rings is 1. The summed E-state index contributed by atoms with van der Waals surface area (Å²) in [6.07, 6.45) is 10.1. The first-order valence-electron chi connectivity index (χ1n) is 8.29. The van der Waals surface area contributed by atoms with Crippen LogP contribution in [0.1, 0.15) is 31.2 Å². The molecule has 7 heteroatoms. The number of rotatable bonds is 5. The van der Waals surface area contributed by atoms with E-state index in [0.717, 1.165) is 24.9 Å². The number of allylic oxidation sites excluding steroid dienone is 2. The number of hydrogen-bond acceptors (Lipinski definition) is 5. The summed E-state index contributed by atoms with van der Waals surface area (Å²) in [7, 11) is 0. The minimum Gasteiger partial charge on any atom is -0.364 e. The second-order valence-electron chi connectivity index (χ2n) is 6.23. The van der Waals surface area contributed by atoms with Crippen LogP contribution in [0.5, 0.6) is 0 Å². The van der Waals surface area contributed by atoms with Gasteiger partial charge in [-0.1, -0.05) is 36.6 Å². The second kappa shape index (κ2) is 7.66. The molecular formula is C17H21ClN4O2. The number of hydrogen-bond donors (Lipinski definition) is 1. The van der Waals surface area contributed by atoms with Crippen molar-refractivity contribution >= 4 is 11.6 Å². The van der Waals surface area contributed by atoms with E-state index in [1.807, 2.05) is 17.0 Å². The Morgan fingerprint density at radius 3 is 2.92 bits per heavy atom. The first kappa shape index (κ1) is 16.8. The summed E-state index contributed by atoms with van der Waals surface area (Å²) in [5.41, 5.74) is 1.12. The van der Waals surface area contributed by atoms with Gasteiger partial charge in [0.2, 0.25) is 0 Å². The number of aromatic nitrogens is 1. The van der Waals surface area contributed by atoms with Crippen molar-refractivity contribution in [1.82, 2.24) is 15.2 Å². The molecule has 0 atom stereocenters. The predicted molar refractivity (Wildman–Crippen MR) is 92.8 cm³/mol. The van der Waals surface area contributed by atoms with E-state index in [2.05, 4.69) is 10.3 Å². The van der Waals surface area contributed by atoms with Crippen LogP contribution in [0.2, 0.25) is 5.15 Å². The third-order valence-corrected chi connectivity index (χ3v) is 4.74. The van der Waals surface area contributed by atoms with Gasteiger partial charge >= 0.3 is 5.70 Å². The van der Waals surface area contributed by atoms with E-state index in [0.29, 0.717) is 30.0 Å². The summed E-state index contributed by atoms with van der Waals surface area (Å²) in [5.74, 6) is 1.06. The van der Waals surface area contributed by atoms with Crippen molar-refractivity contribution < 1.29 is 4.92 Å². The Balaban J connectivity index is 1.79. The van der Waals surface area contributed by atoms with E-state index in [1.54, 1.807) is 18.3 Å². The Kier molecular flexibility index (Phi) is 5.35. The van der Waals surface area contributed by atoms with Gasteiger partial charge in [0, 0.05) is 31.9 Å². The zero-order valence-corrected chi connectivity index (χ0v) is 14.2. The van der Waals surface area contributed by atoms with Gasteiger partial charge in [-0.2, -0.15) is 0 Å². The van der Waals surface area contributed by atoms with E-state index in [1.165, 1.54) is 12.8 Å². The fourth-order valence-electron chi connectivity index (χ4n) is 3.27. The van der Waals surface area contributed by atoms with E-state index in [4.69, 9.17) is 11.6 Å². The topological polar surface area (TPSA) is 71.3 Å². The maximum Gasteiger partial charge on any atom is 0.308 e. The molecule has 1 aliphatic heterocycles. The highest BCUT2D eigenvalue weighted by atomic mass is 35.5. The van der Waals surface area contributed by atoms with Crippen LogP contribution in [-0.4, -0.2) is 27.9 Å². The normalized spacial score (nSPS) is 20.6. The van der Waals surface area contributed by atoms with Gasteiger partial charge < -0.3 is 10.2 Å². The van der Waals surface area contributed by atoms with Crippen molar-refractivity contribution in [2.75, 3.05) is 13.1 Å². The molecule has 1 N–H and O–H groups in total. The van der Waals surface area contributed by atoms with Gasteiger partial charge in [0.05, 0.1) is 4.92 Å². The first-order chi connectivity index (χ1) is 11.6. The Hall–Kier alpha value is -2.08. The van der Waals surface area contributed by atoms with Crippen molar-refractivity contribution in [2.24, 2.45) is 5.92 Å². The summed E-state index contributed by atoms with van der Waals surface area (Å²) in [4.78, 5) is 17.3. The van der Waals surface area contributed by atoms with Gasteiger partial charge in [-0.15, -0.1) is 0 Å². The van der Waals surface area contributed by atoms with E-state index in [-0.39, 0.29) is 10.6 Å². The Morgan fingerprint density at radius 1 is 1.46 bits per heavy atom. The van der Waals surface area contributed by atoms with Crippen LogP contribution in [0.25, 0.3) is 0 Å². The minimum atomic E-state index is -0.299. The predicted octanol–water partition coefficient (Wildman–Crippen LogP) is 3.33. The van der Waals surface area contributed by atoms with Crippen LogP contribution in [0.3, 0.4) is 0 Å². The quantitative estimate of drug-likeness (QED) is 0.502. The summed E-state index contributed by atoms with van der Waals surface area (Å²) in [6.45, 7) is 2.00. The fourth-order valence-corrected chi connectivity index (χ4v) is 3.38. The molecule has 1 saturated carbocycles. The lowest BCUT2D eigenvalue weighted by Crippen LogP contribution is -2.23. The van der Waals surface area contributed by atoms with Crippen molar-refractivity contribution in [3.8, 4) is 0 Å². The molecule has 3 rings (SSSR count). The maximum atomic E-state index is 11.5. The average molecular weight is 349 g/mol. The standard InChI is InChI=1S/C17H21ClN4O2/c18-16-8-6-14(11-20-16)12-21-10-9-19-17(21)15(22(23)24)7-5-13-3-1-2-4-13/h5-8,11,13,19H,1-4,9-10,12H2/b7-5+,17-15+. The zero-order chi connectivity index (χ0) is 16.9. The van der Waals surface area contributed by atoms with Gasteiger partial charge in [0.25, 0.3) is 0 Å². The van der Waals surface area contributed by atoms with Crippen LogP contribution in [0, 0.1) is 16.0 Å². The Bertz CT molecular complexity index is 651. The molecule has 1 saturated heterocycles. The molecule has 1 aliphatic carbocycles. The largest absolute Gasteiger partial charge is 0.364 e. The lowest BCUT2D eigenvalue weighted by Gasteiger charge is -2.18. The molecule has 0 spiro atoms. The molecule has 1 aromatic heterocycles. The molecule has 2 aliphatic rings. The van der Waals surface area contributed by atoms with Gasteiger partial charge in [0.1, 0.15) is 5.15 Å². The second-order valence-corrected chi connectivity index (χ2v) is 6.62. The Labute approximate surface area is 146 Å². The highest BCUT2D eigenvalue weighted by Crippen LogP contribution is 2.27. The molecule has 2 fully saturated rings.